The van der Waals surface area contributed by atoms with Crippen LogP contribution in [0, 0.1) is 3.57 Å². The van der Waals surface area contributed by atoms with Crippen molar-refractivity contribution in [3.63, 3.8) is 0 Å². The van der Waals surface area contributed by atoms with Gasteiger partial charge >= 0.3 is 0 Å². The Kier molecular flexibility index (Phi) is 6.44. The highest BCUT2D eigenvalue weighted by Gasteiger charge is 2.09. The van der Waals surface area contributed by atoms with Crippen LogP contribution in [0.1, 0.15) is 15.9 Å². The van der Waals surface area contributed by atoms with Gasteiger partial charge in [0.15, 0.2) is 11.5 Å². The number of phenolic OH excluding ortho intramolecular Hbond substituents is 1. The van der Waals surface area contributed by atoms with Crippen molar-refractivity contribution < 1.29 is 19.4 Å². The van der Waals surface area contributed by atoms with Gasteiger partial charge in [0.05, 0.1) is 28.5 Å². The van der Waals surface area contributed by atoms with Crippen LogP contribution < -0.4 is 14.9 Å². The molecule has 0 atom stereocenters. The molecule has 0 unspecified atom stereocenters. The Morgan fingerprint density at radius 2 is 1.96 bits per heavy atom. The molecule has 2 aromatic rings. The van der Waals surface area contributed by atoms with E-state index in [0.717, 1.165) is 3.57 Å². The SMILES string of the molecule is COc1cc(C(=O)N/N=C\c2cc(Br)c(O)c(OC)c2)ccc1I. The maximum absolute atomic E-state index is 12.1. The molecule has 0 saturated heterocycles. The number of hydrazone groups is 1. The Labute approximate surface area is 161 Å². The lowest BCUT2D eigenvalue weighted by atomic mass is 10.2. The molecule has 0 aliphatic heterocycles. The summed E-state index contributed by atoms with van der Waals surface area (Å²) in [5.41, 5.74) is 3.53. The first-order valence-electron chi connectivity index (χ1n) is 6.69. The molecule has 8 heteroatoms. The molecule has 0 aliphatic carbocycles. The van der Waals surface area contributed by atoms with Gasteiger partial charge in [-0.05, 0) is 74.4 Å². The Morgan fingerprint density at radius 3 is 2.62 bits per heavy atom. The number of halogens is 2. The van der Waals surface area contributed by atoms with E-state index in [4.69, 9.17) is 9.47 Å². The molecular weight excluding hydrogens is 491 g/mol. The van der Waals surface area contributed by atoms with Gasteiger partial charge in [0.25, 0.3) is 5.91 Å². The Morgan fingerprint density at radius 1 is 1.25 bits per heavy atom. The van der Waals surface area contributed by atoms with E-state index >= 15 is 0 Å². The van der Waals surface area contributed by atoms with Gasteiger partial charge < -0.3 is 14.6 Å². The zero-order valence-electron chi connectivity index (χ0n) is 12.8. The Hall–Kier alpha value is -1.81. The van der Waals surface area contributed by atoms with E-state index in [2.05, 4.69) is 49.0 Å². The quantitative estimate of drug-likeness (QED) is 0.371. The molecule has 0 aliphatic rings. The molecule has 0 spiro atoms. The highest BCUT2D eigenvalue weighted by Crippen LogP contribution is 2.34. The molecule has 0 saturated carbocycles. The second kappa shape index (κ2) is 8.34. The fraction of sp³-hybridized carbons (Fsp3) is 0.125. The first-order valence-corrected chi connectivity index (χ1v) is 8.57. The van der Waals surface area contributed by atoms with Crippen LogP contribution in [0.4, 0.5) is 0 Å². The molecule has 1 amide bonds. The maximum atomic E-state index is 12.1. The van der Waals surface area contributed by atoms with E-state index in [0.29, 0.717) is 27.1 Å². The molecule has 24 heavy (non-hydrogen) atoms. The Balaban J connectivity index is 2.11. The molecule has 2 rings (SSSR count). The van der Waals surface area contributed by atoms with Crippen molar-refractivity contribution >= 4 is 50.6 Å². The van der Waals surface area contributed by atoms with E-state index in [1.165, 1.54) is 13.3 Å². The summed E-state index contributed by atoms with van der Waals surface area (Å²) in [7, 11) is 3.00. The number of methoxy groups -OCH3 is 2. The number of amides is 1. The van der Waals surface area contributed by atoms with E-state index in [9.17, 15) is 9.90 Å². The number of nitrogens with zero attached hydrogens (tertiary/aromatic N) is 1. The first kappa shape index (κ1) is 18.5. The molecule has 0 radical (unpaired) electrons. The van der Waals surface area contributed by atoms with Gasteiger partial charge in [-0.2, -0.15) is 5.10 Å². The minimum atomic E-state index is -0.356. The highest BCUT2D eigenvalue weighted by molar-refractivity contribution is 14.1. The minimum absolute atomic E-state index is 0.00432. The standard InChI is InChI=1S/C16H14BrIN2O4/c1-23-13-7-10(3-4-12(13)18)16(22)20-19-8-9-5-11(17)15(21)14(6-9)24-2/h3-8,21H,1-2H3,(H,20,22)/b19-8-. The normalized spacial score (nSPS) is 10.7. The molecule has 2 N–H and O–H groups in total. The zero-order chi connectivity index (χ0) is 17.7. The van der Waals surface area contributed by atoms with Crippen LogP contribution in [0.15, 0.2) is 39.9 Å². The number of carbonyl (C=O) groups excluding carboxylic acids is 1. The number of carbonyl (C=O) groups is 1. The fourth-order valence-corrected chi connectivity index (χ4v) is 2.87. The minimum Gasteiger partial charge on any atom is -0.503 e. The molecule has 0 heterocycles. The zero-order valence-corrected chi connectivity index (χ0v) is 16.6. The summed E-state index contributed by atoms with van der Waals surface area (Å²) in [6.07, 6.45) is 1.45. The van der Waals surface area contributed by atoms with Crippen LogP contribution in [-0.4, -0.2) is 31.4 Å². The predicted octanol–water partition coefficient (Wildman–Crippen LogP) is 3.54. The number of hydrogen-bond acceptors (Lipinski definition) is 5. The molecule has 126 valence electrons. The number of benzene rings is 2. The van der Waals surface area contributed by atoms with Crippen molar-refractivity contribution in [1.29, 1.82) is 0 Å². The third kappa shape index (κ3) is 4.38. The van der Waals surface area contributed by atoms with Crippen molar-refractivity contribution in [2.75, 3.05) is 14.2 Å². The lowest BCUT2D eigenvalue weighted by Gasteiger charge is -2.07. The van der Waals surface area contributed by atoms with Crippen LogP contribution in [-0.2, 0) is 0 Å². The average molecular weight is 505 g/mol. The molecular formula is C16H14BrIN2O4. The van der Waals surface area contributed by atoms with Crippen molar-refractivity contribution in [3.05, 3.63) is 49.5 Å². The number of nitrogens with one attached hydrogen (secondary N) is 1. The van der Waals surface area contributed by atoms with Crippen LogP contribution in [0.25, 0.3) is 0 Å². The lowest BCUT2D eigenvalue weighted by molar-refractivity contribution is 0.0954. The summed E-state index contributed by atoms with van der Waals surface area (Å²) in [6.45, 7) is 0. The van der Waals surface area contributed by atoms with Gasteiger partial charge in [0.2, 0.25) is 0 Å². The monoisotopic (exact) mass is 504 g/mol. The predicted molar refractivity (Wildman–Crippen MR) is 103 cm³/mol. The maximum Gasteiger partial charge on any atom is 0.271 e. The Bertz CT molecular complexity index is 796. The van der Waals surface area contributed by atoms with Crippen LogP contribution in [0.2, 0.25) is 0 Å². The number of rotatable bonds is 5. The molecule has 6 nitrogen and oxygen atoms in total. The summed E-state index contributed by atoms with van der Waals surface area (Å²) in [5, 5.41) is 13.7. The smallest absolute Gasteiger partial charge is 0.271 e. The molecule has 0 fully saturated rings. The topological polar surface area (TPSA) is 80.2 Å². The van der Waals surface area contributed by atoms with Gasteiger partial charge in [0.1, 0.15) is 5.75 Å². The summed E-state index contributed by atoms with van der Waals surface area (Å²) in [5.74, 6) is 0.578. The van der Waals surface area contributed by atoms with Gasteiger partial charge in [0, 0.05) is 5.56 Å². The number of aromatic hydroxyl groups is 1. The van der Waals surface area contributed by atoms with Crippen molar-refractivity contribution in [1.82, 2.24) is 5.43 Å². The molecule has 0 bridgehead atoms. The summed E-state index contributed by atoms with van der Waals surface area (Å²) in [4.78, 5) is 12.1. The average Bonchev–Trinajstić information content (AvgIpc) is 2.58. The summed E-state index contributed by atoms with van der Waals surface area (Å²) in [6, 6.07) is 8.38. The fourth-order valence-electron chi connectivity index (χ4n) is 1.85. The van der Waals surface area contributed by atoms with Gasteiger partial charge in [-0.25, -0.2) is 5.43 Å². The third-order valence-corrected chi connectivity index (χ3v) is 4.56. The van der Waals surface area contributed by atoms with Crippen LogP contribution in [0.3, 0.4) is 0 Å². The number of hydrogen-bond donors (Lipinski definition) is 2. The van der Waals surface area contributed by atoms with Crippen LogP contribution >= 0.6 is 38.5 Å². The second-order valence-electron chi connectivity index (χ2n) is 4.60. The van der Waals surface area contributed by atoms with Crippen molar-refractivity contribution in [3.8, 4) is 17.2 Å². The van der Waals surface area contributed by atoms with Crippen molar-refractivity contribution in [2.45, 2.75) is 0 Å². The molecule has 2 aromatic carbocycles. The number of phenols is 1. The van der Waals surface area contributed by atoms with Crippen molar-refractivity contribution in [2.24, 2.45) is 5.10 Å². The first-order chi connectivity index (χ1) is 11.5. The van der Waals surface area contributed by atoms with Crippen LogP contribution in [0.5, 0.6) is 17.2 Å². The third-order valence-electron chi connectivity index (χ3n) is 3.06. The summed E-state index contributed by atoms with van der Waals surface area (Å²) < 4.78 is 11.6. The second-order valence-corrected chi connectivity index (χ2v) is 6.62. The largest absolute Gasteiger partial charge is 0.503 e. The van der Waals surface area contributed by atoms with Gasteiger partial charge in [-0.1, -0.05) is 0 Å². The highest BCUT2D eigenvalue weighted by atomic mass is 127. The van der Waals surface area contributed by atoms with Gasteiger partial charge in [-0.15, -0.1) is 0 Å². The number of ether oxygens (including phenoxy) is 2. The van der Waals surface area contributed by atoms with E-state index in [-0.39, 0.29) is 11.7 Å². The van der Waals surface area contributed by atoms with Gasteiger partial charge in [-0.3, -0.25) is 4.79 Å². The van der Waals surface area contributed by atoms with E-state index < -0.39 is 0 Å². The summed E-state index contributed by atoms with van der Waals surface area (Å²) >= 11 is 5.35. The lowest BCUT2D eigenvalue weighted by Crippen LogP contribution is -2.17. The molecule has 0 aromatic heterocycles. The van der Waals surface area contributed by atoms with E-state index in [1.54, 1.807) is 37.4 Å². The van der Waals surface area contributed by atoms with E-state index in [1.807, 2.05) is 0 Å².